The molecule has 1 aromatic heterocycles. The summed E-state index contributed by atoms with van der Waals surface area (Å²) in [6, 6.07) is 10.2. The first-order chi connectivity index (χ1) is 7.70. The molecule has 16 heavy (non-hydrogen) atoms. The standard InChI is InChI=1S/C14H13BrO/c1-3-4-11-6-8-14(16-11)12-7-5-10(2)9-13(12)15/h3-9H,1-2H3/b4-3+. The summed E-state index contributed by atoms with van der Waals surface area (Å²) in [6.07, 6.45) is 3.92. The topological polar surface area (TPSA) is 13.1 Å². The van der Waals surface area contributed by atoms with Gasteiger partial charge in [-0.2, -0.15) is 0 Å². The van der Waals surface area contributed by atoms with Crippen molar-refractivity contribution >= 4 is 22.0 Å². The molecule has 0 fully saturated rings. The molecular weight excluding hydrogens is 264 g/mol. The monoisotopic (exact) mass is 276 g/mol. The lowest BCUT2D eigenvalue weighted by Crippen LogP contribution is -1.78. The fourth-order valence-corrected chi connectivity index (χ4v) is 2.26. The summed E-state index contributed by atoms with van der Waals surface area (Å²) in [5, 5.41) is 0. The highest BCUT2D eigenvalue weighted by molar-refractivity contribution is 9.10. The fraction of sp³-hybridized carbons (Fsp3) is 0.143. The zero-order valence-corrected chi connectivity index (χ0v) is 10.9. The smallest absolute Gasteiger partial charge is 0.135 e. The van der Waals surface area contributed by atoms with Crippen LogP contribution in [0.5, 0.6) is 0 Å². The first-order valence-corrected chi connectivity index (χ1v) is 5.99. The molecule has 1 nitrogen and oxygen atoms in total. The van der Waals surface area contributed by atoms with Crippen LogP contribution in [0.3, 0.4) is 0 Å². The quantitative estimate of drug-likeness (QED) is 0.748. The Morgan fingerprint density at radius 2 is 2.00 bits per heavy atom. The third kappa shape index (κ3) is 2.27. The molecule has 2 heteroatoms. The Morgan fingerprint density at radius 3 is 2.69 bits per heavy atom. The van der Waals surface area contributed by atoms with Crippen LogP contribution >= 0.6 is 15.9 Å². The third-order valence-corrected chi connectivity index (χ3v) is 3.00. The van der Waals surface area contributed by atoms with Gasteiger partial charge in [-0.25, -0.2) is 0 Å². The lowest BCUT2D eigenvalue weighted by atomic mass is 10.1. The number of allylic oxidation sites excluding steroid dienone is 1. The molecule has 0 atom stereocenters. The van der Waals surface area contributed by atoms with Crippen LogP contribution in [0.4, 0.5) is 0 Å². The van der Waals surface area contributed by atoms with Crippen LogP contribution in [0.25, 0.3) is 17.4 Å². The molecule has 0 spiro atoms. The van der Waals surface area contributed by atoms with E-state index in [9.17, 15) is 0 Å². The predicted molar refractivity (Wildman–Crippen MR) is 71.3 cm³/mol. The highest BCUT2D eigenvalue weighted by Crippen LogP contribution is 2.30. The second-order valence-electron chi connectivity index (χ2n) is 3.69. The van der Waals surface area contributed by atoms with Crippen LogP contribution < -0.4 is 0 Å². The normalized spacial score (nSPS) is 11.2. The van der Waals surface area contributed by atoms with Gasteiger partial charge in [-0.3, -0.25) is 0 Å². The lowest BCUT2D eigenvalue weighted by Gasteiger charge is -2.01. The molecule has 0 aliphatic carbocycles. The summed E-state index contributed by atoms with van der Waals surface area (Å²) in [5.41, 5.74) is 2.32. The van der Waals surface area contributed by atoms with Crippen LogP contribution in [0.2, 0.25) is 0 Å². The van der Waals surface area contributed by atoms with E-state index in [0.717, 1.165) is 21.6 Å². The molecule has 1 aromatic carbocycles. The number of furan rings is 1. The number of hydrogen-bond donors (Lipinski definition) is 0. The minimum Gasteiger partial charge on any atom is -0.457 e. The maximum atomic E-state index is 5.71. The summed E-state index contributed by atoms with van der Waals surface area (Å²) in [5.74, 6) is 1.77. The molecule has 2 aromatic rings. The molecule has 0 saturated heterocycles. The van der Waals surface area contributed by atoms with Gasteiger partial charge in [-0.05, 0) is 49.8 Å². The maximum Gasteiger partial charge on any atom is 0.135 e. The number of benzene rings is 1. The van der Waals surface area contributed by atoms with E-state index >= 15 is 0 Å². The van der Waals surface area contributed by atoms with Crippen molar-refractivity contribution in [2.24, 2.45) is 0 Å². The van der Waals surface area contributed by atoms with E-state index < -0.39 is 0 Å². The van der Waals surface area contributed by atoms with E-state index in [2.05, 4.69) is 41.1 Å². The first-order valence-electron chi connectivity index (χ1n) is 5.20. The zero-order chi connectivity index (χ0) is 11.5. The fourth-order valence-electron chi connectivity index (χ4n) is 1.57. The van der Waals surface area contributed by atoms with Gasteiger partial charge in [-0.1, -0.05) is 28.1 Å². The van der Waals surface area contributed by atoms with Gasteiger partial charge in [0.25, 0.3) is 0 Å². The van der Waals surface area contributed by atoms with Crippen molar-refractivity contribution in [3.8, 4) is 11.3 Å². The summed E-state index contributed by atoms with van der Waals surface area (Å²) in [6.45, 7) is 4.05. The molecule has 0 aliphatic heterocycles. The first kappa shape index (κ1) is 11.2. The maximum absolute atomic E-state index is 5.71. The molecule has 0 unspecified atom stereocenters. The molecule has 0 radical (unpaired) electrons. The van der Waals surface area contributed by atoms with Crippen molar-refractivity contribution in [1.82, 2.24) is 0 Å². The Hall–Kier alpha value is -1.28. The van der Waals surface area contributed by atoms with E-state index in [-0.39, 0.29) is 0 Å². The molecule has 0 aliphatic rings. The summed E-state index contributed by atoms with van der Waals surface area (Å²) in [4.78, 5) is 0. The van der Waals surface area contributed by atoms with Gasteiger partial charge in [0.1, 0.15) is 11.5 Å². The van der Waals surface area contributed by atoms with Gasteiger partial charge in [0.2, 0.25) is 0 Å². The number of hydrogen-bond acceptors (Lipinski definition) is 1. The third-order valence-electron chi connectivity index (χ3n) is 2.35. The van der Waals surface area contributed by atoms with Crippen LogP contribution in [-0.2, 0) is 0 Å². The van der Waals surface area contributed by atoms with Gasteiger partial charge >= 0.3 is 0 Å². The second kappa shape index (κ2) is 4.71. The number of aryl methyl sites for hydroxylation is 1. The number of rotatable bonds is 2. The van der Waals surface area contributed by atoms with Crippen molar-refractivity contribution in [2.45, 2.75) is 13.8 Å². The summed E-state index contributed by atoms with van der Waals surface area (Å²) >= 11 is 3.55. The van der Waals surface area contributed by atoms with Gasteiger partial charge in [0.05, 0.1) is 0 Å². The van der Waals surface area contributed by atoms with Crippen molar-refractivity contribution in [3.63, 3.8) is 0 Å². The lowest BCUT2D eigenvalue weighted by molar-refractivity contribution is 0.571. The van der Waals surface area contributed by atoms with Crippen LogP contribution in [0.1, 0.15) is 18.2 Å². The van der Waals surface area contributed by atoms with Crippen LogP contribution in [-0.4, -0.2) is 0 Å². The average molecular weight is 277 g/mol. The minimum absolute atomic E-state index is 0.880. The summed E-state index contributed by atoms with van der Waals surface area (Å²) in [7, 11) is 0. The van der Waals surface area contributed by atoms with E-state index in [4.69, 9.17) is 4.42 Å². The highest BCUT2D eigenvalue weighted by Gasteiger charge is 2.07. The van der Waals surface area contributed by atoms with Gasteiger partial charge in [0, 0.05) is 10.0 Å². The molecular formula is C14H13BrO. The molecule has 0 N–H and O–H groups in total. The Balaban J connectivity index is 2.42. The van der Waals surface area contributed by atoms with Crippen LogP contribution in [0.15, 0.2) is 45.3 Å². The Morgan fingerprint density at radius 1 is 1.19 bits per heavy atom. The number of halogens is 1. The highest BCUT2D eigenvalue weighted by atomic mass is 79.9. The van der Waals surface area contributed by atoms with Crippen molar-refractivity contribution < 1.29 is 4.42 Å². The van der Waals surface area contributed by atoms with Crippen LogP contribution in [0, 0.1) is 6.92 Å². The van der Waals surface area contributed by atoms with Crippen molar-refractivity contribution in [2.75, 3.05) is 0 Å². The SMILES string of the molecule is C/C=C/c1ccc(-c2ccc(C)cc2Br)o1. The van der Waals surface area contributed by atoms with E-state index in [1.54, 1.807) is 0 Å². The zero-order valence-electron chi connectivity index (χ0n) is 9.33. The van der Waals surface area contributed by atoms with E-state index in [0.29, 0.717) is 0 Å². The molecule has 0 bridgehead atoms. The second-order valence-corrected chi connectivity index (χ2v) is 4.54. The molecule has 82 valence electrons. The van der Waals surface area contributed by atoms with Gasteiger partial charge in [0.15, 0.2) is 0 Å². The van der Waals surface area contributed by atoms with Crippen molar-refractivity contribution in [1.29, 1.82) is 0 Å². The molecule has 2 rings (SSSR count). The van der Waals surface area contributed by atoms with E-state index in [1.165, 1.54) is 5.56 Å². The van der Waals surface area contributed by atoms with Gasteiger partial charge in [-0.15, -0.1) is 0 Å². The van der Waals surface area contributed by atoms with Gasteiger partial charge < -0.3 is 4.42 Å². The minimum atomic E-state index is 0.880. The van der Waals surface area contributed by atoms with Crippen molar-refractivity contribution in [3.05, 3.63) is 52.2 Å². The predicted octanol–water partition coefficient (Wildman–Crippen LogP) is 5.05. The molecule has 0 amide bonds. The molecule has 0 saturated carbocycles. The summed E-state index contributed by atoms with van der Waals surface area (Å²) < 4.78 is 6.78. The Labute approximate surface area is 104 Å². The van der Waals surface area contributed by atoms with E-state index in [1.807, 2.05) is 31.2 Å². The Kier molecular flexibility index (Phi) is 3.30. The molecule has 1 heterocycles. The largest absolute Gasteiger partial charge is 0.457 e. The average Bonchev–Trinajstić information content (AvgIpc) is 2.67. The Bertz CT molecular complexity index is 523.